The van der Waals surface area contributed by atoms with Gasteiger partial charge in [-0.05, 0) is 37.2 Å². The molecule has 1 aromatic rings. The van der Waals surface area contributed by atoms with Gasteiger partial charge in [0, 0.05) is 24.3 Å². The largest absolute Gasteiger partial charge is 0.294 e. The highest BCUT2D eigenvalue weighted by atomic mass is 19.3. The van der Waals surface area contributed by atoms with Crippen LogP contribution >= 0.6 is 0 Å². The Morgan fingerprint density at radius 2 is 1.60 bits per heavy atom. The topological polar surface area (TPSA) is 17.1 Å². The first-order valence-corrected chi connectivity index (χ1v) is 7.57. The van der Waals surface area contributed by atoms with Crippen molar-refractivity contribution in [3.8, 4) is 0 Å². The van der Waals surface area contributed by atoms with E-state index in [9.17, 15) is 13.6 Å². The van der Waals surface area contributed by atoms with Gasteiger partial charge in [0.15, 0.2) is 5.78 Å². The molecule has 3 rings (SSSR count). The van der Waals surface area contributed by atoms with Gasteiger partial charge in [-0.1, -0.05) is 30.7 Å². The predicted molar refractivity (Wildman–Crippen MR) is 74.3 cm³/mol. The zero-order valence-electron chi connectivity index (χ0n) is 11.6. The summed E-state index contributed by atoms with van der Waals surface area (Å²) in [6.45, 7) is 0. The highest BCUT2D eigenvalue weighted by Gasteiger charge is 2.37. The Morgan fingerprint density at radius 3 is 2.10 bits per heavy atom. The van der Waals surface area contributed by atoms with E-state index in [0.29, 0.717) is 24.3 Å². The molecular weight excluding hydrogens is 258 g/mol. The summed E-state index contributed by atoms with van der Waals surface area (Å²) in [6, 6.07) is 7.83. The van der Waals surface area contributed by atoms with Gasteiger partial charge in [-0.2, -0.15) is 0 Å². The summed E-state index contributed by atoms with van der Waals surface area (Å²) in [6.07, 6.45) is 4.11. The molecule has 1 nitrogen and oxygen atoms in total. The second kappa shape index (κ2) is 5.27. The lowest BCUT2D eigenvalue weighted by Gasteiger charge is -2.28. The molecule has 0 amide bonds. The van der Waals surface area contributed by atoms with Gasteiger partial charge in [0.05, 0.1) is 0 Å². The van der Waals surface area contributed by atoms with Crippen LogP contribution in [0.4, 0.5) is 8.78 Å². The van der Waals surface area contributed by atoms with Crippen LogP contribution in [0.25, 0.3) is 0 Å². The second-order valence-electron chi connectivity index (χ2n) is 6.24. The molecule has 0 spiro atoms. The van der Waals surface area contributed by atoms with Gasteiger partial charge in [-0.15, -0.1) is 0 Å². The Kier molecular flexibility index (Phi) is 3.61. The van der Waals surface area contributed by atoms with Crippen molar-refractivity contribution in [2.45, 2.75) is 56.8 Å². The van der Waals surface area contributed by atoms with Crippen molar-refractivity contribution in [3.05, 3.63) is 35.4 Å². The summed E-state index contributed by atoms with van der Waals surface area (Å²) in [5, 5.41) is 0. The first-order valence-electron chi connectivity index (χ1n) is 7.57. The van der Waals surface area contributed by atoms with Crippen LogP contribution in [0.2, 0.25) is 0 Å². The Balaban J connectivity index is 1.65. The number of benzene rings is 1. The third-order valence-electron chi connectivity index (χ3n) is 4.86. The number of carbonyl (C=O) groups is 1. The highest BCUT2D eigenvalue weighted by molar-refractivity contribution is 5.97. The first-order chi connectivity index (χ1) is 9.55. The Morgan fingerprint density at radius 1 is 1.00 bits per heavy atom. The summed E-state index contributed by atoms with van der Waals surface area (Å²) >= 11 is 0. The molecule has 0 aliphatic heterocycles. The van der Waals surface area contributed by atoms with Crippen LogP contribution in [0.3, 0.4) is 0 Å². The summed E-state index contributed by atoms with van der Waals surface area (Å²) in [5.41, 5.74) is 1.99. The van der Waals surface area contributed by atoms with Gasteiger partial charge >= 0.3 is 0 Å². The third kappa shape index (κ3) is 2.77. The molecule has 3 heteroatoms. The average Bonchev–Trinajstić information content (AvgIpc) is 2.37. The number of hydrogen-bond acceptors (Lipinski definition) is 1. The fourth-order valence-electron chi connectivity index (χ4n) is 3.20. The molecule has 0 radical (unpaired) electrons. The zero-order chi connectivity index (χ0) is 14.2. The molecule has 2 fully saturated rings. The third-order valence-corrected chi connectivity index (χ3v) is 4.86. The van der Waals surface area contributed by atoms with Crippen LogP contribution in [0, 0.1) is 5.92 Å². The molecule has 0 atom stereocenters. The van der Waals surface area contributed by atoms with Gasteiger partial charge in [0.1, 0.15) is 0 Å². The van der Waals surface area contributed by atoms with Crippen molar-refractivity contribution >= 4 is 5.78 Å². The normalized spacial score (nSPS) is 23.3. The molecule has 1 aromatic carbocycles. The van der Waals surface area contributed by atoms with Crippen LogP contribution in [0.1, 0.15) is 66.8 Å². The van der Waals surface area contributed by atoms with Crippen molar-refractivity contribution in [1.82, 2.24) is 0 Å². The van der Waals surface area contributed by atoms with Gasteiger partial charge in [-0.25, -0.2) is 8.78 Å². The van der Waals surface area contributed by atoms with Gasteiger partial charge in [0.2, 0.25) is 5.92 Å². The minimum atomic E-state index is -2.56. The lowest BCUT2D eigenvalue weighted by Crippen LogP contribution is -2.28. The monoisotopic (exact) mass is 278 g/mol. The smallest absolute Gasteiger partial charge is 0.248 e. The van der Waals surface area contributed by atoms with Crippen molar-refractivity contribution < 1.29 is 13.6 Å². The number of alkyl halides is 2. The molecule has 0 N–H and O–H groups in total. The van der Waals surface area contributed by atoms with Gasteiger partial charge in [0.25, 0.3) is 0 Å². The maximum absolute atomic E-state index is 13.1. The Labute approximate surface area is 118 Å². The van der Waals surface area contributed by atoms with Gasteiger partial charge < -0.3 is 0 Å². The van der Waals surface area contributed by atoms with E-state index in [2.05, 4.69) is 0 Å². The minimum absolute atomic E-state index is 0.0423. The van der Waals surface area contributed by atoms with Crippen LogP contribution in [0.15, 0.2) is 24.3 Å². The van der Waals surface area contributed by atoms with E-state index in [4.69, 9.17) is 0 Å². The number of Topliss-reactive ketones (excluding diaryl/α,β-unsaturated/α-hetero) is 1. The Hall–Kier alpha value is -1.25. The number of hydrogen-bond donors (Lipinski definition) is 0. The fourth-order valence-corrected chi connectivity index (χ4v) is 3.20. The minimum Gasteiger partial charge on any atom is -0.294 e. The molecule has 2 saturated carbocycles. The lowest BCUT2D eigenvalue weighted by molar-refractivity contribution is -0.0424. The van der Waals surface area contributed by atoms with Crippen LogP contribution in [-0.2, 0) is 0 Å². The van der Waals surface area contributed by atoms with E-state index in [-0.39, 0.29) is 24.5 Å². The van der Waals surface area contributed by atoms with E-state index in [1.807, 2.05) is 24.3 Å². The molecule has 20 heavy (non-hydrogen) atoms. The van der Waals surface area contributed by atoms with E-state index in [1.54, 1.807) is 0 Å². The maximum Gasteiger partial charge on any atom is 0.248 e. The average molecular weight is 278 g/mol. The molecule has 0 aromatic heterocycles. The van der Waals surface area contributed by atoms with Crippen LogP contribution in [0.5, 0.6) is 0 Å². The summed E-state index contributed by atoms with van der Waals surface area (Å²) in [4.78, 5) is 12.3. The number of carbonyl (C=O) groups excluding carboxylic acids is 1. The molecule has 0 heterocycles. The number of rotatable bonds is 3. The quantitative estimate of drug-likeness (QED) is 0.714. The van der Waals surface area contributed by atoms with Crippen molar-refractivity contribution in [2.24, 2.45) is 5.92 Å². The molecule has 108 valence electrons. The summed E-state index contributed by atoms with van der Waals surface area (Å²) in [7, 11) is 0. The number of halogens is 2. The standard InChI is InChI=1S/C17H20F2O/c18-17(19)10-8-15(9-11-17)16(20)14-6-4-13(5-7-14)12-2-1-3-12/h4-7,12,15H,1-3,8-11H2. The molecule has 0 saturated heterocycles. The maximum atomic E-state index is 13.1. The van der Waals surface area contributed by atoms with Crippen molar-refractivity contribution in [1.29, 1.82) is 0 Å². The second-order valence-corrected chi connectivity index (χ2v) is 6.24. The predicted octanol–water partition coefficient (Wildman–Crippen LogP) is 4.96. The summed E-state index contributed by atoms with van der Waals surface area (Å²) < 4.78 is 26.2. The molecule has 2 aliphatic carbocycles. The van der Waals surface area contributed by atoms with E-state index >= 15 is 0 Å². The molecule has 0 unspecified atom stereocenters. The van der Waals surface area contributed by atoms with Crippen molar-refractivity contribution in [3.63, 3.8) is 0 Å². The van der Waals surface area contributed by atoms with Crippen molar-refractivity contribution in [2.75, 3.05) is 0 Å². The SMILES string of the molecule is O=C(c1ccc(C2CCC2)cc1)C1CCC(F)(F)CC1. The van der Waals surface area contributed by atoms with Crippen LogP contribution in [-0.4, -0.2) is 11.7 Å². The highest BCUT2D eigenvalue weighted by Crippen LogP contribution is 2.38. The molecule has 0 bridgehead atoms. The first kappa shape index (κ1) is 13.7. The van der Waals surface area contributed by atoms with Gasteiger partial charge in [-0.3, -0.25) is 4.79 Å². The van der Waals surface area contributed by atoms with E-state index in [0.717, 1.165) is 0 Å². The lowest BCUT2D eigenvalue weighted by atomic mass is 9.79. The number of ketones is 1. The Bertz CT molecular complexity index is 478. The molecular formula is C17H20F2O. The fraction of sp³-hybridized carbons (Fsp3) is 0.588. The zero-order valence-corrected chi connectivity index (χ0v) is 11.6. The molecule has 2 aliphatic rings. The van der Waals surface area contributed by atoms with E-state index < -0.39 is 5.92 Å². The summed E-state index contributed by atoms with van der Waals surface area (Å²) in [5.74, 6) is -2.08. The van der Waals surface area contributed by atoms with E-state index in [1.165, 1.54) is 24.8 Å². The van der Waals surface area contributed by atoms with Crippen LogP contribution < -0.4 is 0 Å².